The van der Waals surface area contributed by atoms with Gasteiger partial charge in [-0.25, -0.2) is 9.97 Å². The molecule has 19 heavy (non-hydrogen) atoms. The van der Waals surface area contributed by atoms with Crippen LogP contribution in [0.3, 0.4) is 0 Å². The number of rotatable bonds is 7. The number of aliphatic hydroxyl groups is 1. The quantitative estimate of drug-likeness (QED) is 0.617. The monoisotopic (exact) mass is 285 g/mol. The number of hydrogen-bond donors (Lipinski definition) is 1. The number of hydrogen-bond acceptors (Lipinski definition) is 4. The molecule has 1 N–H and O–H groups in total. The van der Waals surface area contributed by atoms with Crippen molar-refractivity contribution in [2.45, 2.75) is 46.0 Å². The number of aromatic nitrogens is 2. The summed E-state index contributed by atoms with van der Waals surface area (Å²) in [5, 5.41) is 9.31. The Bertz CT molecular complexity index is 410. The van der Waals surface area contributed by atoms with Gasteiger partial charge in [-0.15, -0.1) is 0 Å². The Morgan fingerprint density at radius 3 is 2.47 bits per heavy atom. The van der Waals surface area contributed by atoms with E-state index in [4.69, 9.17) is 16.7 Å². The van der Waals surface area contributed by atoms with E-state index in [9.17, 15) is 0 Å². The standard InChI is InChI=1S/C14H24ClN3O/c1-10(2)13-16-12(15)11(3)14(17-13)18(4)8-6-5-7-9-19/h10,19H,5-9H2,1-4H3. The van der Waals surface area contributed by atoms with Crippen LogP contribution in [0, 0.1) is 6.92 Å². The molecule has 0 aliphatic carbocycles. The molecule has 0 radical (unpaired) electrons. The van der Waals surface area contributed by atoms with Crippen molar-refractivity contribution < 1.29 is 5.11 Å². The minimum atomic E-state index is 0.263. The van der Waals surface area contributed by atoms with Crippen molar-refractivity contribution in [2.24, 2.45) is 0 Å². The van der Waals surface area contributed by atoms with Crippen LogP contribution in [-0.2, 0) is 0 Å². The molecule has 0 aliphatic rings. The van der Waals surface area contributed by atoms with Gasteiger partial charge in [-0.2, -0.15) is 0 Å². The van der Waals surface area contributed by atoms with E-state index >= 15 is 0 Å². The van der Waals surface area contributed by atoms with Gasteiger partial charge in [0.25, 0.3) is 0 Å². The van der Waals surface area contributed by atoms with Crippen LogP contribution in [0.15, 0.2) is 0 Å². The lowest BCUT2D eigenvalue weighted by molar-refractivity contribution is 0.283. The molecule has 0 amide bonds. The molecule has 0 saturated carbocycles. The van der Waals surface area contributed by atoms with E-state index < -0.39 is 0 Å². The summed E-state index contributed by atoms with van der Waals surface area (Å²) in [4.78, 5) is 11.0. The van der Waals surface area contributed by atoms with Crippen molar-refractivity contribution in [3.05, 3.63) is 16.5 Å². The van der Waals surface area contributed by atoms with Gasteiger partial charge in [0, 0.05) is 31.7 Å². The highest BCUT2D eigenvalue weighted by Crippen LogP contribution is 2.25. The fourth-order valence-electron chi connectivity index (χ4n) is 1.87. The van der Waals surface area contributed by atoms with E-state index in [0.717, 1.165) is 43.0 Å². The topological polar surface area (TPSA) is 49.2 Å². The molecule has 108 valence electrons. The van der Waals surface area contributed by atoms with E-state index in [0.29, 0.717) is 5.15 Å². The van der Waals surface area contributed by atoms with Gasteiger partial charge in [-0.1, -0.05) is 25.4 Å². The van der Waals surface area contributed by atoms with Crippen molar-refractivity contribution in [1.82, 2.24) is 9.97 Å². The molecule has 1 rings (SSSR count). The third-order valence-corrected chi connectivity index (χ3v) is 3.48. The summed E-state index contributed by atoms with van der Waals surface area (Å²) in [5.74, 6) is 1.96. The highest BCUT2D eigenvalue weighted by molar-refractivity contribution is 6.30. The first-order valence-corrected chi connectivity index (χ1v) is 7.21. The van der Waals surface area contributed by atoms with E-state index in [1.165, 1.54) is 0 Å². The van der Waals surface area contributed by atoms with E-state index in [1.54, 1.807) is 0 Å². The molecular weight excluding hydrogens is 262 g/mol. The fourth-order valence-corrected chi connectivity index (χ4v) is 2.04. The van der Waals surface area contributed by atoms with Crippen molar-refractivity contribution in [2.75, 3.05) is 25.1 Å². The van der Waals surface area contributed by atoms with Gasteiger partial charge in [-0.3, -0.25) is 0 Å². The zero-order valence-electron chi connectivity index (χ0n) is 12.3. The molecule has 0 bridgehead atoms. The Balaban J connectivity index is 2.80. The molecule has 0 aliphatic heterocycles. The molecular formula is C14H24ClN3O. The summed E-state index contributed by atoms with van der Waals surface area (Å²) in [6.07, 6.45) is 2.92. The van der Waals surface area contributed by atoms with Gasteiger partial charge in [0.1, 0.15) is 16.8 Å². The van der Waals surface area contributed by atoms with Gasteiger partial charge >= 0.3 is 0 Å². The second-order valence-corrected chi connectivity index (χ2v) is 5.54. The maximum Gasteiger partial charge on any atom is 0.137 e. The lowest BCUT2D eigenvalue weighted by Crippen LogP contribution is -2.22. The van der Waals surface area contributed by atoms with Crippen LogP contribution >= 0.6 is 11.6 Å². The molecule has 1 aromatic heterocycles. The Hall–Kier alpha value is -0.870. The maximum absolute atomic E-state index is 8.77. The lowest BCUT2D eigenvalue weighted by Gasteiger charge is -2.21. The van der Waals surface area contributed by atoms with Gasteiger partial charge in [0.2, 0.25) is 0 Å². The molecule has 0 saturated heterocycles. The molecule has 1 aromatic rings. The average molecular weight is 286 g/mol. The highest BCUT2D eigenvalue weighted by atomic mass is 35.5. The highest BCUT2D eigenvalue weighted by Gasteiger charge is 2.14. The molecule has 0 atom stereocenters. The third-order valence-electron chi connectivity index (χ3n) is 3.11. The maximum atomic E-state index is 8.77. The van der Waals surface area contributed by atoms with Crippen LogP contribution in [0.5, 0.6) is 0 Å². The Labute approximate surface area is 120 Å². The lowest BCUT2D eigenvalue weighted by atomic mass is 10.2. The summed E-state index contributed by atoms with van der Waals surface area (Å²) in [6.45, 7) is 7.25. The summed E-state index contributed by atoms with van der Waals surface area (Å²) in [5.41, 5.74) is 0.927. The van der Waals surface area contributed by atoms with Gasteiger partial charge in [0.15, 0.2) is 0 Å². The zero-order valence-corrected chi connectivity index (χ0v) is 13.0. The summed E-state index contributed by atoms with van der Waals surface area (Å²) in [6, 6.07) is 0. The second kappa shape index (κ2) is 7.65. The molecule has 4 nitrogen and oxygen atoms in total. The number of halogens is 1. The number of aliphatic hydroxyl groups excluding tert-OH is 1. The number of nitrogens with zero attached hydrogens (tertiary/aromatic N) is 3. The van der Waals surface area contributed by atoms with Gasteiger partial charge in [-0.05, 0) is 26.2 Å². The minimum Gasteiger partial charge on any atom is -0.396 e. The molecule has 5 heteroatoms. The number of anilines is 1. The van der Waals surface area contributed by atoms with E-state index in [2.05, 4.69) is 28.7 Å². The molecule has 0 fully saturated rings. The normalized spacial score (nSPS) is 11.1. The Kier molecular flexibility index (Phi) is 6.52. The summed E-state index contributed by atoms with van der Waals surface area (Å²) < 4.78 is 0. The summed E-state index contributed by atoms with van der Waals surface area (Å²) >= 11 is 6.18. The predicted octanol–water partition coefficient (Wildman–Crippen LogP) is 3.16. The minimum absolute atomic E-state index is 0.263. The summed E-state index contributed by atoms with van der Waals surface area (Å²) in [7, 11) is 2.02. The molecule has 0 aromatic carbocycles. The van der Waals surface area contributed by atoms with E-state index in [1.807, 2.05) is 14.0 Å². The van der Waals surface area contributed by atoms with Crippen molar-refractivity contribution in [3.8, 4) is 0 Å². The van der Waals surface area contributed by atoms with Gasteiger partial charge in [0.05, 0.1) is 0 Å². The van der Waals surface area contributed by atoms with Crippen LogP contribution in [0.1, 0.15) is 50.4 Å². The predicted molar refractivity (Wildman–Crippen MR) is 80.1 cm³/mol. The van der Waals surface area contributed by atoms with E-state index in [-0.39, 0.29) is 12.5 Å². The van der Waals surface area contributed by atoms with Gasteiger partial charge < -0.3 is 10.0 Å². The van der Waals surface area contributed by atoms with Crippen LogP contribution in [-0.4, -0.2) is 35.3 Å². The molecule has 1 heterocycles. The first kappa shape index (κ1) is 16.2. The zero-order chi connectivity index (χ0) is 14.4. The van der Waals surface area contributed by atoms with Crippen LogP contribution in [0.2, 0.25) is 5.15 Å². The second-order valence-electron chi connectivity index (χ2n) is 5.18. The fraction of sp³-hybridized carbons (Fsp3) is 0.714. The first-order valence-electron chi connectivity index (χ1n) is 6.83. The Morgan fingerprint density at radius 1 is 1.21 bits per heavy atom. The largest absolute Gasteiger partial charge is 0.396 e. The van der Waals surface area contributed by atoms with Crippen LogP contribution in [0.4, 0.5) is 5.82 Å². The van der Waals surface area contributed by atoms with Crippen molar-refractivity contribution in [1.29, 1.82) is 0 Å². The van der Waals surface area contributed by atoms with Crippen LogP contribution < -0.4 is 4.90 Å². The SMILES string of the molecule is Cc1c(Cl)nc(C(C)C)nc1N(C)CCCCCO. The van der Waals surface area contributed by atoms with Crippen molar-refractivity contribution in [3.63, 3.8) is 0 Å². The Morgan fingerprint density at radius 2 is 1.89 bits per heavy atom. The number of unbranched alkanes of at least 4 members (excludes halogenated alkanes) is 2. The molecule has 0 spiro atoms. The average Bonchev–Trinajstić information content (AvgIpc) is 2.37. The van der Waals surface area contributed by atoms with Crippen molar-refractivity contribution >= 4 is 17.4 Å². The first-order chi connectivity index (χ1) is 8.97. The molecule has 0 unspecified atom stereocenters. The van der Waals surface area contributed by atoms with Crippen LogP contribution in [0.25, 0.3) is 0 Å². The smallest absolute Gasteiger partial charge is 0.137 e. The third kappa shape index (κ3) is 4.62.